The van der Waals surface area contributed by atoms with E-state index < -0.39 is 0 Å². The lowest BCUT2D eigenvalue weighted by Gasteiger charge is -2.11. The Morgan fingerprint density at radius 3 is 2.14 bits per heavy atom. The molecule has 0 spiro atoms. The second-order valence-electron chi connectivity index (χ2n) is 7.42. The summed E-state index contributed by atoms with van der Waals surface area (Å²) in [6.07, 6.45) is 0. The molecule has 1 aromatic heterocycles. The fourth-order valence-electron chi connectivity index (χ4n) is 4.47. The maximum Gasteiger partial charge on any atom is 0.0434 e. The molecule has 5 aromatic carbocycles. The van der Waals surface area contributed by atoms with Gasteiger partial charge in [0.25, 0.3) is 0 Å². The van der Waals surface area contributed by atoms with Crippen LogP contribution >= 0.6 is 11.3 Å². The normalized spacial score (nSPS) is 11.8. The molecule has 1 heterocycles. The van der Waals surface area contributed by atoms with Crippen LogP contribution in [0.5, 0.6) is 0 Å². The van der Waals surface area contributed by atoms with Crippen LogP contribution in [0.15, 0.2) is 91.0 Å². The van der Waals surface area contributed by atoms with Crippen LogP contribution < -0.4 is 0 Å². The molecular formula is C27H18S. The van der Waals surface area contributed by atoms with Crippen molar-refractivity contribution in [3.63, 3.8) is 0 Å². The first-order valence-electron chi connectivity index (χ1n) is 9.63. The summed E-state index contributed by atoms with van der Waals surface area (Å²) in [5.41, 5.74) is 3.97. The van der Waals surface area contributed by atoms with E-state index in [1.165, 1.54) is 58.4 Å². The summed E-state index contributed by atoms with van der Waals surface area (Å²) in [4.78, 5) is 0. The van der Waals surface area contributed by atoms with Gasteiger partial charge in [0, 0.05) is 20.2 Å². The molecule has 0 saturated carbocycles. The van der Waals surface area contributed by atoms with E-state index in [4.69, 9.17) is 0 Å². The first-order chi connectivity index (χ1) is 13.8. The van der Waals surface area contributed by atoms with E-state index in [0.717, 1.165) is 0 Å². The third kappa shape index (κ3) is 2.17. The molecule has 1 heteroatoms. The minimum Gasteiger partial charge on any atom is -0.134 e. The Morgan fingerprint density at radius 2 is 1.29 bits per heavy atom. The van der Waals surface area contributed by atoms with Crippen LogP contribution in [0.4, 0.5) is 0 Å². The van der Waals surface area contributed by atoms with Crippen LogP contribution in [0, 0.1) is 6.92 Å². The molecule has 0 radical (unpaired) electrons. The van der Waals surface area contributed by atoms with Crippen LogP contribution in [0.2, 0.25) is 0 Å². The zero-order chi connectivity index (χ0) is 18.7. The number of hydrogen-bond donors (Lipinski definition) is 0. The first kappa shape index (κ1) is 15.9. The summed E-state index contributed by atoms with van der Waals surface area (Å²) >= 11 is 1.92. The van der Waals surface area contributed by atoms with Crippen LogP contribution in [-0.2, 0) is 0 Å². The Bertz CT molecular complexity index is 1520. The second kappa shape index (κ2) is 5.92. The van der Waals surface area contributed by atoms with Crippen molar-refractivity contribution in [2.45, 2.75) is 6.92 Å². The highest BCUT2D eigenvalue weighted by molar-refractivity contribution is 7.27. The van der Waals surface area contributed by atoms with E-state index in [1.54, 1.807) is 0 Å². The molecule has 0 nitrogen and oxygen atoms in total. The molecule has 0 bridgehead atoms. The lowest BCUT2D eigenvalue weighted by atomic mass is 9.92. The third-order valence-corrected chi connectivity index (χ3v) is 6.99. The lowest BCUT2D eigenvalue weighted by Crippen LogP contribution is -1.85. The minimum atomic E-state index is 1.31. The monoisotopic (exact) mass is 374 g/mol. The van der Waals surface area contributed by atoms with Gasteiger partial charge in [-0.2, -0.15) is 0 Å². The van der Waals surface area contributed by atoms with Gasteiger partial charge in [-0.15, -0.1) is 11.3 Å². The fourth-order valence-corrected chi connectivity index (χ4v) is 5.76. The van der Waals surface area contributed by atoms with Crippen molar-refractivity contribution in [3.8, 4) is 11.1 Å². The van der Waals surface area contributed by atoms with Gasteiger partial charge in [-0.1, -0.05) is 84.9 Å². The first-order valence-corrected chi connectivity index (χ1v) is 10.4. The Kier molecular flexibility index (Phi) is 3.35. The number of aryl methyl sites for hydroxylation is 1. The maximum absolute atomic E-state index is 2.40. The van der Waals surface area contributed by atoms with Gasteiger partial charge in [0.15, 0.2) is 0 Å². The number of rotatable bonds is 1. The summed E-state index contributed by atoms with van der Waals surface area (Å²) in [6, 6.07) is 33.2. The molecular weight excluding hydrogens is 356 g/mol. The Morgan fingerprint density at radius 1 is 0.571 bits per heavy atom. The lowest BCUT2D eigenvalue weighted by molar-refractivity contribution is 1.47. The van der Waals surface area contributed by atoms with E-state index >= 15 is 0 Å². The molecule has 132 valence electrons. The molecule has 0 amide bonds. The summed E-state index contributed by atoms with van der Waals surface area (Å²) in [5, 5.41) is 8.09. The van der Waals surface area contributed by atoms with Crippen molar-refractivity contribution < 1.29 is 0 Å². The van der Waals surface area contributed by atoms with Gasteiger partial charge in [-0.3, -0.25) is 0 Å². The Hall–Kier alpha value is -3.16. The highest BCUT2D eigenvalue weighted by Crippen LogP contribution is 2.45. The average molecular weight is 375 g/mol. The average Bonchev–Trinajstić information content (AvgIpc) is 3.13. The van der Waals surface area contributed by atoms with Gasteiger partial charge in [0.1, 0.15) is 0 Å². The molecule has 0 aliphatic heterocycles. The van der Waals surface area contributed by atoms with E-state index in [1.807, 2.05) is 11.3 Å². The van der Waals surface area contributed by atoms with Crippen molar-refractivity contribution in [1.29, 1.82) is 0 Å². The molecule has 0 fully saturated rings. The summed E-state index contributed by atoms with van der Waals surface area (Å²) in [5.74, 6) is 0. The highest BCUT2D eigenvalue weighted by Gasteiger charge is 2.15. The largest absolute Gasteiger partial charge is 0.134 e. The number of benzene rings is 5. The predicted molar refractivity (Wildman–Crippen MR) is 125 cm³/mol. The van der Waals surface area contributed by atoms with Crippen molar-refractivity contribution in [2.24, 2.45) is 0 Å². The van der Waals surface area contributed by atoms with E-state index in [2.05, 4.69) is 97.9 Å². The minimum absolute atomic E-state index is 1.31. The van der Waals surface area contributed by atoms with Gasteiger partial charge >= 0.3 is 0 Å². The number of thiophene rings is 1. The summed E-state index contributed by atoms with van der Waals surface area (Å²) < 4.78 is 2.75. The standard InChI is InChI=1S/C27H18S/c1-17-8-2-4-10-19(17)24-16-25-26(22-13-7-6-12-21(22)24)23-15-14-18-9-3-5-11-20(18)27(23)28-25/h2-16H,1H3. The molecule has 28 heavy (non-hydrogen) atoms. The quantitative estimate of drug-likeness (QED) is 0.271. The van der Waals surface area contributed by atoms with Crippen LogP contribution in [0.1, 0.15) is 5.56 Å². The predicted octanol–water partition coefficient (Wildman–Crippen LogP) is 8.34. The number of fused-ring (bicyclic) bond motifs is 7. The summed E-state index contributed by atoms with van der Waals surface area (Å²) in [6.45, 7) is 2.20. The van der Waals surface area contributed by atoms with Gasteiger partial charge in [0.2, 0.25) is 0 Å². The van der Waals surface area contributed by atoms with E-state index in [-0.39, 0.29) is 0 Å². The van der Waals surface area contributed by atoms with E-state index in [9.17, 15) is 0 Å². The SMILES string of the molecule is Cc1ccccc1-c1cc2sc3c4ccccc4ccc3c2c2ccccc12. The molecule has 0 saturated heterocycles. The Labute approximate surface area is 167 Å². The fraction of sp³-hybridized carbons (Fsp3) is 0.0370. The molecule has 0 N–H and O–H groups in total. The van der Waals surface area contributed by atoms with Crippen molar-refractivity contribution in [3.05, 3.63) is 96.6 Å². The van der Waals surface area contributed by atoms with Gasteiger partial charge in [0.05, 0.1) is 0 Å². The topological polar surface area (TPSA) is 0 Å². The van der Waals surface area contributed by atoms with Gasteiger partial charge in [-0.25, -0.2) is 0 Å². The van der Waals surface area contributed by atoms with Crippen molar-refractivity contribution in [2.75, 3.05) is 0 Å². The van der Waals surface area contributed by atoms with E-state index in [0.29, 0.717) is 0 Å². The summed E-state index contributed by atoms with van der Waals surface area (Å²) in [7, 11) is 0. The molecule has 0 atom stereocenters. The molecule has 0 unspecified atom stereocenters. The molecule has 0 aliphatic carbocycles. The zero-order valence-corrected chi connectivity index (χ0v) is 16.4. The van der Waals surface area contributed by atoms with Crippen LogP contribution in [-0.4, -0.2) is 0 Å². The second-order valence-corrected chi connectivity index (χ2v) is 8.48. The van der Waals surface area contributed by atoms with Gasteiger partial charge in [-0.05, 0) is 51.2 Å². The van der Waals surface area contributed by atoms with Crippen molar-refractivity contribution >= 4 is 53.1 Å². The Balaban J connectivity index is 1.84. The van der Waals surface area contributed by atoms with Crippen LogP contribution in [0.3, 0.4) is 0 Å². The van der Waals surface area contributed by atoms with Gasteiger partial charge < -0.3 is 0 Å². The maximum atomic E-state index is 2.40. The molecule has 6 rings (SSSR count). The highest BCUT2D eigenvalue weighted by atomic mass is 32.1. The van der Waals surface area contributed by atoms with Crippen molar-refractivity contribution in [1.82, 2.24) is 0 Å². The smallest absolute Gasteiger partial charge is 0.0434 e. The third-order valence-electron chi connectivity index (χ3n) is 5.80. The van der Waals surface area contributed by atoms with Crippen LogP contribution in [0.25, 0.3) is 52.8 Å². The zero-order valence-electron chi connectivity index (χ0n) is 15.6. The molecule has 6 aromatic rings. The molecule has 0 aliphatic rings. The number of hydrogen-bond acceptors (Lipinski definition) is 1.